The molecule has 0 aliphatic heterocycles. The van der Waals surface area contributed by atoms with Crippen LogP contribution in [0.25, 0.3) is 0 Å². The second kappa shape index (κ2) is 4.85. The molecule has 4 nitrogen and oxygen atoms in total. The van der Waals surface area contributed by atoms with Crippen LogP contribution >= 0.6 is 0 Å². The van der Waals surface area contributed by atoms with Crippen molar-refractivity contribution < 1.29 is 5.11 Å². The summed E-state index contributed by atoms with van der Waals surface area (Å²) in [6, 6.07) is 6.27. The highest BCUT2D eigenvalue weighted by Crippen LogP contribution is 2.42. The van der Waals surface area contributed by atoms with Crippen LogP contribution < -0.4 is 11.1 Å². The van der Waals surface area contributed by atoms with Gasteiger partial charge in [0.1, 0.15) is 0 Å². The third-order valence-corrected chi connectivity index (χ3v) is 3.95. The van der Waals surface area contributed by atoms with E-state index in [9.17, 15) is 5.11 Å². The lowest BCUT2D eigenvalue weighted by molar-refractivity contribution is -0.0576. The molecule has 104 valence electrons. The maximum absolute atomic E-state index is 9.69. The Bertz CT molecular complexity index is 488. The number of nitrogens with one attached hydrogen (secondary N) is 1. The Morgan fingerprint density at radius 3 is 2.37 bits per heavy atom. The van der Waals surface area contributed by atoms with Gasteiger partial charge >= 0.3 is 0 Å². The third kappa shape index (κ3) is 2.89. The van der Waals surface area contributed by atoms with Gasteiger partial charge in [0, 0.05) is 11.1 Å². The van der Waals surface area contributed by atoms with Crippen LogP contribution in [0.2, 0.25) is 0 Å². The first kappa shape index (κ1) is 13.9. The summed E-state index contributed by atoms with van der Waals surface area (Å²) >= 11 is 0. The zero-order valence-corrected chi connectivity index (χ0v) is 12.1. The summed E-state index contributed by atoms with van der Waals surface area (Å²) in [5.41, 5.74) is 9.09. The molecule has 1 aliphatic carbocycles. The minimum absolute atomic E-state index is 0.0842. The van der Waals surface area contributed by atoms with E-state index in [1.165, 1.54) is 11.1 Å². The molecule has 0 aromatic heterocycles. The number of aliphatic hydroxyl groups is 1. The van der Waals surface area contributed by atoms with Crippen molar-refractivity contribution in [1.82, 2.24) is 0 Å². The Balaban J connectivity index is 2.07. The molecule has 0 heterocycles. The van der Waals surface area contributed by atoms with Crippen LogP contribution in [0.5, 0.6) is 0 Å². The second-order valence-corrected chi connectivity index (χ2v) is 6.10. The van der Waals surface area contributed by atoms with Gasteiger partial charge in [-0.15, -0.1) is 0 Å². The van der Waals surface area contributed by atoms with Crippen molar-refractivity contribution in [2.45, 2.75) is 46.3 Å². The zero-order chi connectivity index (χ0) is 14.2. The van der Waals surface area contributed by atoms with E-state index in [-0.39, 0.29) is 17.6 Å². The molecule has 4 N–H and O–H groups in total. The molecule has 0 bridgehead atoms. The molecule has 19 heavy (non-hydrogen) atoms. The SMILES string of the molecule is Cc1cc(C)cc(NC(N)=NC2CC(O)C2(C)C)c1. The molecule has 0 radical (unpaired) electrons. The van der Waals surface area contributed by atoms with Crippen LogP contribution in [0.3, 0.4) is 0 Å². The van der Waals surface area contributed by atoms with E-state index in [1.807, 2.05) is 26.0 Å². The Hall–Kier alpha value is -1.55. The highest BCUT2D eigenvalue weighted by molar-refractivity contribution is 5.92. The van der Waals surface area contributed by atoms with Gasteiger partial charge in [-0.05, 0) is 43.5 Å². The molecule has 4 heteroatoms. The number of rotatable bonds is 2. The molecule has 1 aromatic rings. The van der Waals surface area contributed by atoms with Crippen LogP contribution in [0.1, 0.15) is 31.4 Å². The zero-order valence-electron chi connectivity index (χ0n) is 12.1. The number of benzene rings is 1. The number of guanidine groups is 1. The van der Waals surface area contributed by atoms with Gasteiger partial charge in [-0.1, -0.05) is 19.9 Å². The Kier molecular flexibility index (Phi) is 3.54. The van der Waals surface area contributed by atoms with Gasteiger partial charge in [-0.2, -0.15) is 0 Å². The molecule has 2 unspecified atom stereocenters. The van der Waals surface area contributed by atoms with E-state index in [2.05, 4.69) is 30.2 Å². The normalized spacial score (nSPS) is 25.8. The predicted octanol–water partition coefficient (Wildman–Crippen LogP) is 2.19. The van der Waals surface area contributed by atoms with Crippen LogP contribution in [0, 0.1) is 19.3 Å². The molecular weight excluding hydrogens is 238 g/mol. The van der Waals surface area contributed by atoms with Gasteiger partial charge in [0.05, 0.1) is 12.1 Å². The van der Waals surface area contributed by atoms with Crippen molar-refractivity contribution in [2.75, 3.05) is 5.32 Å². The summed E-state index contributed by atoms with van der Waals surface area (Å²) < 4.78 is 0. The maximum Gasteiger partial charge on any atom is 0.193 e. The van der Waals surface area contributed by atoms with Gasteiger partial charge in [0.25, 0.3) is 0 Å². The van der Waals surface area contributed by atoms with Crippen LogP contribution in [0.4, 0.5) is 5.69 Å². The summed E-state index contributed by atoms with van der Waals surface area (Å²) in [4.78, 5) is 4.46. The van der Waals surface area contributed by atoms with Crippen LogP contribution in [0.15, 0.2) is 23.2 Å². The largest absolute Gasteiger partial charge is 0.392 e. The second-order valence-electron chi connectivity index (χ2n) is 6.10. The van der Waals surface area contributed by atoms with Crippen molar-refractivity contribution in [3.63, 3.8) is 0 Å². The summed E-state index contributed by atoms with van der Waals surface area (Å²) in [6.07, 6.45) is 0.401. The molecule has 0 amide bonds. The Labute approximate surface area is 114 Å². The number of aliphatic hydroxyl groups excluding tert-OH is 1. The smallest absolute Gasteiger partial charge is 0.193 e. The quantitative estimate of drug-likeness (QED) is 0.564. The number of hydrogen-bond acceptors (Lipinski definition) is 2. The van der Waals surface area contributed by atoms with Gasteiger partial charge in [-0.25, -0.2) is 4.99 Å². The van der Waals surface area contributed by atoms with E-state index in [1.54, 1.807) is 0 Å². The van der Waals surface area contributed by atoms with E-state index < -0.39 is 0 Å². The van der Waals surface area contributed by atoms with Crippen molar-refractivity contribution in [1.29, 1.82) is 0 Å². The number of aliphatic imine (C=N–C) groups is 1. The molecule has 0 spiro atoms. The van der Waals surface area contributed by atoms with E-state index in [4.69, 9.17) is 5.73 Å². The molecule has 1 saturated carbocycles. The minimum Gasteiger partial charge on any atom is -0.392 e. The lowest BCUT2D eigenvalue weighted by Crippen LogP contribution is -2.53. The molecule has 1 aliphatic rings. The summed E-state index contributed by atoms with van der Waals surface area (Å²) in [5.74, 6) is 0.412. The van der Waals surface area contributed by atoms with Crippen molar-refractivity contribution in [2.24, 2.45) is 16.1 Å². The lowest BCUT2D eigenvalue weighted by atomic mass is 9.65. The Morgan fingerprint density at radius 1 is 1.32 bits per heavy atom. The molecular formula is C15H23N3O. The number of nitrogens with two attached hydrogens (primary N) is 1. The number of aryl methyl sites for hydroxylation is 2. The van der Waals surface area contributed by atoms with Gasteiger partial charge in [0.15, 0.2) is 5.96 Å². The van der Waals surface area contributed by atoms with Gasteiger partial charge in [0.2, 0.25) is 0 Å². The average molecular weight is 261 g/mol. The number of nitrogens with zero attached hydrogens (tertiary/aromatic N) is 1. The fourth-order valence-electron chi connectivity index (χ4n) is 2.49. The fraction of sp³-hybridized carbons (Fsp3) is 0.533. The first-order valence-electron chi connectivity index (χ1n) is 6.65. The molecule has 2 rings (SSSR count). The highest BCUT2D eigenvalue weighted by Gasteiger charge is 2.47. The van der Waals surface area contributed by atoms with Gasteiger partial charge in [-0.3, -0.25) is 0 Å². The number of hydrogen-bond donors (Lipinski definition) is 3. The van der Waals surface area contributed by atoms with E-state index >= 15 is 0 Å². The molecule has 0 saturated heterocycles. The first-order chi connectivity index (χ1) is 8.79. The van der Waals surface area contributed by atoms with Crippen molar-refractivity contribution in [3.8, 4) is 0 Å². The summed E-state index contributed by atoms with van der Waals surface area (Å²) in [6.45, 7) is 8.13. The summed E-state index contributed by atoms with van der Waals surface area (Å²) in [5, 5.41) is 12.8. The topological polar surface area (TPSA) is 70.6 Å². The first-order valence-corrected chi connectivity index (χ1v) is 6.65. The summed E-state index contributed by atoms with van der Waals surface area (Å²) in [7, 11) is 0. The monoisotopic (exact) mass is 261 g/mol. The minimum atomic E-state index is -0.282. The molecule has 2 atom stereocenters. The third-order valence-electron chi connectivity index (χ3n) is 3.95. The fourth-order valence-corrected chi connectivity index (χ4v) is 2.49. The highest BCUT2D eigenvalue weighted by atomic mass is 16.3. The lowest BCUT2D eigenvalue weighted by Gasteiger charge is -2.46. The van der Waals surface area contributed by atoms with E-state index in [0.717, 1.165) is 5.69 Å². The van der Waals surface area contributed by atoms with Crippen LogP contribution in [-0.4, -0.2) is 23.2 Å². The average Bonchev–Trinajstić information content (AvgIpc) is 2.27. The number of anilines is 1. The van der Waals surface area contributed by atoms with Crippen LogP contribution in [-0.2, 0) is 0 Å². The predicted molar refractivity (Wildman–Crippen MR) is 79.4 cm³/mol. The van der Waals surface area contributed by atoms with Gasteiger partial charge < -0.3 is 16.2 Å². The maximum atomic E-state index is 9.69. The van der Waals surface area contributed by atoms with Crippen molar-refractivity contribution in [3.05, 3.63) is 29.3 Å². The molecule has 1 aromatic carbocycles. The van der Waals surface area contributed by atoms with Crippen molar-refractivity contribution >= 4 is 11.6 Å². The molecule has 1 fully saturated rings. The Morgan fingerprint density at radius 2 is 1.89 bits per heavy atom. The standard InChI is InChI=1S/C15H23N3O/c1-9-5-10(2)7-11(6-9)17-14(16)18-12-8-13(19)15(12,3)4/h5-7,12-13,19H,8H2,1-4H3,(H3,16,17,18). The van der Waals surface area contributed by atoms with E-state index in [0.29, 0.717) is 12.4 Å².